The van der Waals surface area contributed by atoms with Crippen LogP contribution in [0.2, 0.25) is 0 Å². The molecule has 0 heterocycles. The van der Waals surface area contributed by atoms with Crippen molar-refractivity contribution in [2.75, 3.05) is 7.11 Å². The van der Waals surface area contributed by atoms with Crippen molar-refractivity contribution in [3.63, 3.8) is 0 Å². The Balaban J connectivity index is 1.82. The summed E-state index contributed by atoms with van der Waals surface area (Å²) in [6, 6.07) is 21.9. The second-order valence-corrected chi connectivity index (χ2v) is 7.04. The molecule has 3 aromatic rings. The molecule has 0 bridgehead atoms. The Morgan fingerprint density at radius 2 is 1.34 bits per heavy atom. The molecule has 0 radical (unpaired) electrons. The minimum absolute atomic E-state index is 0.0769. The molecule has 4 nitrogen and oxygen atoms in total. The maximum Gasteiger partial charge on any atom is 0.311 e. The van der Waals surface area contributed by atoms with E-state index in [1.165, 1.54) is 0 Å². The van der Waals surface area contributed by atoms with Crippen LogP contribution in [0.25, 0.3) is 0 Å². The van der Waals surface area contributed by atoms with Crippen molar-refractivity contribution < 1.29 is 19.1 Å². The summed E-state index contributed by atoms with van der Waals surface area (Å²) >= 11 is 0. The first-order valence-electron chi connectivity index (χ1n) is 9.46. The van der Waals surface area contributed by atoms with Crippen LogP contribution >= 0.6 is 0 Å². The molecule has 0 fully saturated rings. The van der Waals surface area contributed by atoms with Crippen LogP contribution in [0, 0.1) is 13.8 Å². The lowest BCUT2D eigenvalue weighted by molar-refractivity contribution is -0.146. The maximum atomic E-state index is 13.1. The van der Waals surface area contributed by atoms with Gasteiger partial charge in [-0.25, -0.2) is 0 Å². The average molecular weight is 388 g/mol. The summed E-state index contributed by atoms with van der Waals surface area (Å²) < 4.78 is 10.8. The lowest BCUT2D eigenvalue weighted by atomic mass is 9.98. The first-order valence-corrected chi connectivity index (χ1v) is 9.46. The van der Waals surface area contributed by atoms with Gasteiger partial charge in [-0.15, -0.1) is 0 Å². The lowest BCUT2D eigenvalue weighted by Crippen LogP contribution is -2.21. The number of Topliss-reactive ketones (excluding diaryl/α,β-unsaturated/α-hetero) is 1. The average Bonchev–Trinajstić information content (AvgIpc) is 2.73. The Labute approximate surface area is 171 Å². The zero-order valence-electron chi connectivity index (χ0n) is 16.8. The standard InChI is InChI=1S/C25H24O4/c1-17-4-10-20(11-5-17)24(27)25(21-12-6-18(2)7-13-21)29-23(26)16-19-8-14-22(28-3)15-9-19/h4-15,25H,16H2,1-3H3. The van der Waals surface area contributed by atoms with E-state index in [-0.39, 0.29) is 12.2 Å². The summed E-state index contributed by atoms with van der Waals surface area (Å²) in [6.07, 6.45) is -0.905. The monoisotopic (exact) mass is 388 g/mol. The van der Waals surface area contributed by atoms with Crippen molar-refractivity contribution in [3.8, 4) is 5.75 Å². The molecule has 4 heteroatoms. The quantitative estimate of drug-likeness (QED) is 0.421. The van der Waals surface area contributed by atoms with Crippen LogP contribution in [0.5, 0.6) is 5.75 Å². The fraction of sp³-hybridized carbons (Fsp3) is 0.200. The highest BCUT2D eigenvalue weighted by Crippen LogP contribution is 2.24. The van der Waals surface area contributed by atoms with E-state index in [2.05, 4.69) is 0 Å². The molecule has 0 N–H and O–H groups in total. The minimum Gasteiger partial charge on any atom is -0.497 e. The third kappa shape index (κ3) is 5.32. The molecule has 3 rings (SSSR count). The lowest BCUT2D eigenvalue weighted by Gasteiger charge is -2.18. The summed E-state index contributed by atoms with van der Waals surface area (Å²) in [5.74, 6) is 0.0207. The number of hydrogen-bond acceptors (Lipinski definition) is 4. The van der Waals surface area contributed by atoms with Gasteiger partial charge in [0.25, 0.3) is 0 Å². The Hall–Kier alpha value is -3.40. The Kier molecular flexibility index (Phi) is 6.45. The van der Waals surface area contributed by atoms with Crippen molar-refractivity contribution in [3.05, 3.63) is 101 Å². The number of ketones is 1. The van der Waals surface area contributed by atoms with Gasteiger partial charge in [0, 0.05) is 11.1 Å². The van der Waals surface area contributed by atoms with Crippen molar-refractivity contribution >= 4 is 11.8 Å². The summed E-state index contributed by atoms with van der Waals surface area (Å²) in [6.45, 7) is 3.93. The summed E-state index contributed by atoms with van der Waals surface area (Å²) in [5.41, 5.74) is 4.09. The third-order valence-corrected chi connectivity index (χ3v) is 4.71. The number of carbonyl (C=O) groups is 2. The zero-order valence-corrected chi connectivity index (χ0v) is 16.8. The van der Waals surface area contributed by atoms with Crippen LogP contribution in [0.1, 0.15) is 38.7 Å². The van der Waals surface area contributed by atoms with E-state index in [0.29, 0.717) is 16.9 Å². The summed E-state index contributed by atoms with van der Waals surface area (Å²) in [5, 5.41) is 0. The molecule has 0 spiro atoms. The van der Waals surface area contributed by atoms with E-state index in [1.807, 2.05) is 62.4 Å². The van der Waals surface area contributed by atoms with E-state index in [4.69, 9.17) is 9.47 Å². The Morgan fingerprint density at radius 1 is 0.793 bits per heavy atom. The number of hydrogen-bond donors (Lipinski definition) is 0. The first-order chi connectivity index (χ1) is 14.0. The number of methoxy groups -OCH3 is 1. The van der Waals surface area contributed by atoms with E-state index < -0.39 is 12.1 Å². The predicted octanol–water partition coefficient (Wildman–Crippen LogP) is 5.02. The van der Waals surface area contributed by atoms with E-state index >= 15 is 0 Å². The minimum atomic E-state index is -0.982. The van der Waals surface area contributed by atoms with Crippen molar-refractivity contribution in [2.24, 2.45) is 0 Å². The van der Waals surface area contributed by atoms with Gasteiger partial charge in [0.15, 0.2) is 6.10 Å². The largest absolute Gasteiger partial charge is 0.497 e. The second-order valence-electron chi connectivity index (χ2n) is 7.04. The summed E-state index contributed by atoms with van der Waals surface area (Å²) in [7, 11) is 1.59. The molecule has 0 saturated heterocycles. The van der Waals surface area contributed by atoms with E-state index in [0.717, 1.165) is 16.7 Å². The number of rotatable bonds is 7. The van der Waals surface area contributed by atoms with Gasteiger partial charge < -0.3 is 9.47 Å². The van der Waals surface area contributed by atoms with Crippen molar-refractivity contribution in [2.45, 2.75) is 26.4 Å². The Bertz CT molecular complexity index is 971. The van der Waals surface area contributed by atoms with Crippen LogP contribution in [-0.4, -0.2) is 18.9 Å². The molecular weight excluding hydrogens is 364 g/mol. The smallest absolute Gasteiger partial charge is 0.311 e. The fourth-order valence-corrected chi connectivity index (χ4v) is 2.97. The van der Waals surface area contributed by atoms with E-state index in [9.17, 15) is 9.59 Å². The molecule has 0 aliphatic heterocycles. The van der Waals surface area contributed by atoms with Gasteiger partial charge in [-0.2, -0.15) is 0 Å². The molecule has 3 aromatic carbocycles. The molecular formula is C25H24O4. The highest BCUT2D eigenvalue weighted by Gasteiger charge is 2.26. The van der Waals surface area contributed by atoms with Gasteiger partial charge >= 0.3 is 5.97 Å². The molecule has 0 amide bonds. The second kappa shape index (κ2) is 9.20. The van der Waals surface area contributed by atoms with Gasteiger partial charge in [-0.3, -0.25) is 9.59 Å². The number of carbonyl (C=O) groups excluding carboxylic acids is 2. The van der Waals surface area contributed by atoms with Crippen LogP contribution in [0.3, 0.4) is 0 Å². The highest BCUT2D eigenvalue weighted by molar-refractivity contribution is 6.01. The first kappa shape index (κ1) is 20.3. The van der Waals surface area contributed by atoms with Crippen LogP contribution in [-0.2, 0) is 16.0 Å². The molecule has 0 aromatic heterocycles. The van der Waals surface area contributed by atoms with Gasteiger partial charge in [0.2, 0.25) is 5.78 Å². The van der Waals surface area contributed by atoms with Gasteiger partial charge in [0.1, 0.15) is 5.75 Å². The molecule has 1 atom stereocenters. The SMILES string of the molecule is COc1ccc(CC(=O)OC(C(=O)c2ccc(C)cc2)c2ccc(C)cc2)cc1. The number of ether oxygens (including phenoxy) is 2. The number of esters is 1. The third-order valence-electron chi connectivity index (χ3n) is 4.71. The van der Waals surface area contributed by atoms with Crippen molar-refractivity contribution in [1.82, 2.24) is 0 Å². The summed E-state index contributed by atoms with van der Waals surface area (Å²) in [4.78, 5) is 25.7. The fourth-order valence-electron chi connectivity index (χ4n) is 2.97. The van der Waals surface area contributed by atoms with Crippen LogP contribution in [0.15, 0.2) is 72.8 Å². The van der Waals surface area contributed by atoms with Crippen molar-refractivity contribution in [1.29, 1.82) is 0 Å². The molecule has 0 aliphatic carbocycles. The van der Waals surface area contributed by atoms with Gasteiger partial charge in [0.05, 0.1) is 13.5 Å². The highest BCUT2D eigenvalue weighted by atomic mass is 16.5. The van der Waals surface area contributed by atoms with Crippen LogP contribution in [0.4, 0.5) is 0 Å². The zero-order chi connectivity index (χ0) is 20.8. The Morgan fingerprint density at radius 3 is 1.90 bits per heavy atom. The van der Waals surface area contributed by atoms with Crippen LogP contribution < -0.4 is 4.74 Å². The maximum absolute atomic E-state index is 13.1. The van der Waals surface area contributed by atoms with Gasteiger partial charge in [-0.1, -0.05) is 71.8 Å². The number of aryl methyl sites for hydroxylation is 2. The molecule has 1 unspecified atom stereocenters. The normalized spacial score (nSPS) is 11.6. The molecule has 29 heavy (non-hydrogen) atoms. The molecule has 148 valence electrons. The topological polar surface area (TPSA) is 52.6 Å². The predicted molar refractivity (Wildman–Crippen MR) is 112 cm³/mol. The molecule has 0 saturated carbocycles. The number of benzene rings is 3. The van der Waals surface area contributed by atoms with E-state index in [1.54, 1.807) is 31.4 Å². The molecule has 0 aliphatic rings. The van der Waals surface area contributed by atoms with Gasteiger partial charge in [-0.05, 0) is 31.5 Å².